The lowest BCUT2D eigenvalue weighted by molar-refractivity contribution is 0.0353. The quantitative estimate of drug-likeness (QED) is 0.718. The van der Waals surface area contributed by atoms with E-state index in [2.05, 4.69) is 46.6 Å². The summed E-state index contributed by atoms with van der Waals surface area (Å²) in [6.45, 7) is 3.64. The van der Waals surface area contributed by atoms with Gasteiger partial charge in [0.15, 0.2) is 0 Å². The molecule has 1 saturated heterocycles. The maximum absolute atomic E-state index is 12.7. The molecule has 31 heavy (non-hydrogen) atoms. The Bertz CT molecular complexity index is 1060. The molecule has 1 amide bonds. The number of hydrogen-bond donors (Lipinski definition) is 1. The third-order valence-electron chi connectivity index (χ3n) is 9.44. The van der Waals surface area contributed by atoms with Crippen LogP contribution in [0.25, 0.3) is 0 Å². The van der Waals surface area contributed by atoms with Gasteiger partial charge in [-0.15, -0.1) is 0 Å². The standard InChI is InChI=1S/C27H30N2O2.H2/c30-25(18-7-12-31-17-18)28-24-15-26(23-4-2-1-3-21(23)24)8-10-29(11-9-26)16-19-13-27-14-20(27)5-6-22(19)27;/h1-7,12,17,19-20,22,24H,8-11,13-16H2,(H,28,30);1H/t19-,20-,22+,24-,27?;/m0./s1. The molecule has 1 aromatic heterocycles. The Labute approximate surface area is 185 Å². The monoisotopic (exact) mass is 416 g/mol. The average molecular weight is 417 g/mol. The topological polar surface area (TPSA) is 45.5 Å². The minimum atomic E-state index is -0.0371. The van der Waals surface area contributed by atoms with Crippen LogP contribution >= 0.6 is 0 Å². The van der Waals surface area contributed by atoms with Crippen molar-refractivity contribution in [1.29, 1.82) is 0 Å². The molecule has 1 aromatic carbocycles. The van der Waals surface area contributed by atoms with E-state index < -0.39 is 0 Å². The highest BCUT2D eigenvalue weighted by Gasteiger charge is 2.68. The Kier molecular flexibility index (Phi) is 3.74. The number of amides is 1. The highest BCUT2D eigenvalue weighted by Crippen LogP contribution is 2.75. The number of piperidine rings is 1. The van der Waals surface area contributed by atoms with Crippen molar-refractivity contribution in [2.24, 2.45) is 23.2 Å². The summed E-state index contributed by atoms with van der Waals surface area (Å²) in [5.41, 5.74) is 4.31. The van der Waals surface area contributed by atoms with E-state index in [-0.39, 0.29) is 18.8 Å². The molecule has 3 fully saturated rings. The zero-order chi connectivity index (χ0) is 20.6. The van der Waals surface area contributed by atoms with Crippen molar-refractivity contribution in [2.45, 2.75) is 43.6 Å². The van der Waals surface area contributed by atoms with Gasteiger partial charge in [0.25, 0.3) is 5.91 Å². The van der Waals surface area contributed by atoms with Crippen molar-refractivity contribution in [1.82, 2.24) is 10.2 Å². The van der Waals surface area contributed by atoms with Crippen LogP contribution in [-0.2, 0) is 5.41 Å². The summed E-state index contributed by atoms with van der Waals surface area (Å²) in [7, 11) is 0. The summed E-state index contributed by atoms with van der Waals surface area (Å²) >= 11 is 0. The smallest absolute Gasteiger partial charge is 0.255 e. The van der Waals surface area contributed by atoms with Gasteiger partial charge in [-0.3, -0.25) is 4.79 Å². The van der Waals surface area contributed by atoms with Crippen LogP contribution in [0.1, 0.15) is 61.1 Å². The van der Waals surface area contributed by atoms with Crippen LogP contribution in [0, 0.1) is 23.2 Å². The van der Waals surface area contributed by atoms with E-state index in [1.165, 1.54) is 62.7 Å². The van der Waals surface area contributed by atoms with E-state index in [4.69, 9.17) is 4.42 Å². The summed E-state index contributed by atoms with van der Waals surface area (Å²) in [4.78, 5) is 15.4. The number of fused-ring (bicyclic) bond motifs is 2. The third-order valence-corrected chi connectivity index (χ3v) is 9.44. The van der Waals surface area contributed by atoms with E-state index in [0.717, 1.165) is 29.6 Å². The predicted octanol–water partition coefficient (Wildman–Crippen LogP) is 4.95. The van der Waals surface area contributed by atoms with Crippen LogP contribution < -0.4 is 5.32 Å². The minimum Gasteiger partial charge on any atom is -0.472 e. The lowest BCUT2D eigenvalue weighted by atomic mass is 9.62. The Morgan fingerprint density at radius 3 is 2.77 bits per heavy atom. The van der Waals surface area contributed by atoms with Gasteiger partial charge < -0.3 is 14.6 Å². The van der Waals surface area contributed by atoms with Gasteiger partial charge in [0.05, 0.1) is 17.9 Å². The molecule has 4 heteroatoms. The highest BCUT2D eigenvalue weighted by atomic mass is 16.3. The summed E-state index contributed by atoms with van der Waals surface area (Å²) in [6.07, 6.45) is 14.5. The number of nitrogens with one attached hydrogen (secondary N) is 1. The highest BCUT2D eigenvalue weighted by molar-refractivity contribution is 5.94. The van der Waals surface area contributed by atoms with Gasteiger partial charge in [0, 0.05) is 13.4 Å². The van der Waals surface area contributed by atoms with E-state index >= 15 is 0 Å². The molecular formula is C27H32N2O2. The fourth-order valence-electron chi connectivity index (χ4n) is 7.70. The first-order valence-corrected chi connectivity index (χ1v) is 12.0. The second kappa shape index (κ2) is 6.35. The predicted molar refractivity (Wildman–Crippen MR) is 121 cm³/mol. The largest absolute Gasteiger partial charge is 0.472 e. The summed E-state index contributed by atoms with van der Waals surface area (Å²) in [5.74, 6) is 2.66. The van der Waals surface area contributed by atoms with Crippen LogP contribution in [0.4, 0.5) is 0 Å². The first-order chi connectivity index (χ1) is 15.2. The molecule has 0 radical (unpaired) electrons. The molecule has 1 N–H and O–H groups in total. The van der Waals surface area contributed by atoms with Crippen LogP contribution in [0.2, 0.25) is 0 Å². The molecular weight excluding hydrogens is 384 g/mol. The summed E-state index contributed by atoms with van der Waals surface area (Å²) < 4.78 is 5.10. The maximum atomic E-state index is 12.7. The SMILES string of the molecule is O=C(N[C@H]1CC2(CCN(C[C@@H]3CC45C[C@@H]4C=C[C@H]35)CC2)c2ccccc21)c1ccoc1.[HH]. The van der Waals surface area contributed by atoms with Crippen molar-refractivity contribution < 1.29 is 10.6 Å². The fourth-order valence-corrected chi connectivity index (χ4v) is 7.70. The number of allylic oxidation sites excluding steroid dienone is 2. The van der Waals surface area contributed by atoms with Crippen LogP contribution in [-0.4, -0.2) is 30.4 Å². The number of likely N-dealkylation sites (tertiary alicyclic amines) is 1. The van der Waals surface area contributed by atoms with Crippen molar-refractivity contribution >= 4 is 5.91 Å². The third kappa shape index (κ3) is 2.60. The number of furan rings is 1. The van der Waals surface area contributed by atoms with Gasteiger partial charge in [-0.25, -0.2) is 0 Å². The van der Waals surface area contributed by atoms with Gasteiger partial charge in [-0.05, 0) is 85.6 Å². The molecule has 4 nitrogen and oxygen atoms in total. The molecule has 5 atom stereocenters. The van der Waals surface area contributed by atoms with E-state index in [1.807, 2.05) is 0 Å². The summed E-state index contributed by atoms with van der Waals surface area (Å²) in [5, 5.41) is 3.28. The lowest BCUT2D eigenvalue weighted by Gasteiger charge is -2.48. The zero-order valence-corrected chi connectivity index (χ0v) is 17.9. The molecule has 0 bridgehead atoms. The number of hydrogen-bond acceptors (Lipinski definition) is 3. The van der Waals surface area contributed by atoms with E-state index in [1.54, 1.807) is 12.3 Å². The second-order valence-corrected chi connectivity index (χ2v) is 10.8. The van der Waals surface area contributed by atoms with Gasteiger partial charge in [-0.2, -0.15) is 0 Å². The first-order valence-electron chi connectivity index (χ1n) is 12.0. The van der Waals surface area contributed by atoms with Gasteiger partial charge in [0.2, 0.25) is 0 Å². The van der Waals surface area contributed by atoms with Crippen molar-refractivity contribution in [2.75, 3.05) is 19.6 Å². The van der Waals surface area contributed by atoms with Crippen molar-refractivity contribution in [3.63, 3.8) is 0 Å². The van der Waals surface area contributed by atoms with Gasteiger partial charge in [-0.1, -0.05) is 36.4 Å². The van der Waals surface area contributed by atoms with Crippen molar-refractivity contribution in [3.05, 3.63) is 71.7 Å². The number of carbonyl (C=O) groups excluding carboxylic acids is 1. The van der Waals surface area contributed by atoms with E-state index in [9.17, 15) is 4.79 Å². The number of benzene rings is 1. The molecule has 7 rings (SSSR count). The molecule has 2 heterocycles. The fraction of sp³-hybridized carbons (Fsp3) is 0.519. The Morgan fingerprint density at radius 1 is 1.13 bits per heavy atom. The lowest BCUT2D eigenvalue weighted by Crippen LogP contribution is -2.48. The van der Waals surface area contributed by atoms with Gasteiger partial charge in [0.1, 0.15) is 6.26 Å². The van der Waals surface area contributed by atoms with Gasteiger partial charge >= 0.3 is 0 Å². The Hall–Kier alpha value is -2.33. The van der Waals surface area contributed by atoms with Crippen LogP contribution in [0.15, 0.2) is 59.4 Å². The Morgan fingerprint density at radius 2 is 2.00 bits per heavy atom. The molecule has 4 aliphatic carbocycles. The number of nitrogens with zero attached hydrogens (tertiary/aromatic N) is 1. The van der Waals surface area contributed by atoms with Crippen LogP contribution in [0.5, 0.6) is 0 Å². The molecule has 2 saturated carbocycles. The molecule has 2 aromatic rings. The number of carbonyl (C=O) groups is 1. The van der Waals surface area contributed by atoms with Crippen molar-refractivity contribution in [3.8, 4) is 0 Å². The molecule has 2 spiro atoms. The normalized spacial score (nSPS) is 36.5. The Balaban J connectivity index is 0.00000196. The summed E-state index contributed by atoms with van der Waals surface area (Å²) in [6, 6.07) is 10.6. The molecule has 5 aliphatic rings. The second-order valence-electron chi connectivity index (χ2n) is 10.8. The minimum absolute atomic E-state index is 0. The zero-order valence-electron chi connectivity index (χ0n) is 17.9. The first kappa shape index (κ1) is 18.3. The number of rotatable bonds is 4. The van der Waals surface area contributed by atoms with Crippen LogP contribution in [0.3, 0.4) is 0 Å². The maximum Gasteiger partial charge on any atom is 0.255 e. The molecule has 1 aliphatic heterocycles. The molecule has 162 valence electrons. The van der Waals surface area contributed by atoms with E-state index in [0.29, 0.717) is 5.56 Å². The average Bonchev–Trinajstić information content (AvgIpc) is 3.08. The molecule has 1 unspecified atom stereocenters.